The Balaban J connectivity index is 2.01. The SMILES string of the molecule is CC1OC(=O)NC1CC(=O)c1ccccc1. The van der Waals surface area contributed by atoms with Crippen molar-refractivity contribution < 1.29 is 14.3 Å². The molecule has 16 heavy (non-hydrogen) atoms. The van der Waals surface area contributed by atoms with Gasteiger partial charge in [-0.2, -0.15) is 0 Å². The second kappa shape index (κ2) is 4.35. The average Bonchev–Trinajstić information content (AvgIpc) is 2.59. The molecule has 1 fully saturated rings. The molecule has 1 aromatic rings. The molecular weight excluding hydrogens is 206 g/mol. The standard InChI is InChI=1S/C12H13NO3/c1-8-10(13-12(15)16-8)7-11(14)9-5-3-2-4-6-9/h2-6,8,10H,7H2,1H3,(H,13,15). The Bertz CT molecular complexity index is 402. The monoisotopic (exact) mass is 219 g/mol. The minimum absolute atomic E-state index is 0.0169. The number of alkyl carbamates (subject to hydrolysis) is 1. The number of amides is 1. The van der Waals surface area contributed by atoms with Crippen molar-refractivity contribution in [1.82, 2.24) is 5.32 Å². The highest BCUT2D eigenvalue weighted by Crippen LogP contribution is 2.14. The number of carbonyl (C=O) groups is 2. The molecule has 0 bridgehead atoms. The summed E-state index contributed by atoms with van der Waals surface area (Å²) in [4.78, 5) is 22.8. The summed E-state index contributed by atoms with van der Waals surface area (Å²) in [6, 6.07) is 8.82. The van der Waals surface area contributed by atoms with Crippen molar-refractivity contribution in [3.63, 3.8) is 0 Å². The van der Waals surface area contributed by atoms with Crippen LogP contribution in [0.4, 0.5) is 4.79 Å². The average molecular weight is 219 g/mol. The molecule has 4 nitrogen and oxygen atoms in total. The van der Waals surface area contributed by atoms with Gasteiger partial charge in [0.05, 0.1) is 6.04 Å². The lowest BCUT2D eigenvalue weighted by Crippen LogP contribution is -2.32. The zero-order chi connectivity index (χ0) is 11.5. The summed E-state index contributed by atoms with van der Waals surface area (Å²) in [5.41, 5.74) is 0.663. The Morgan fingerprint density at radius 2 is 2.06 bits per heavy atom. The van der Waals surface area contributed by atoms with Crippen LogP contribution in [0.3, 0.4) is 0 Å². The third kappa shape index (κ3) is 2.21. The van der Waals surface area contributed by atoms with Crippen LogP contribution in [0, 0.1) is 0 Å². The molecule has 1 aliphatic heterocycles. The van der Waals surface area contributed by atoms with Crippen LogP contribution in [0.15, 0.2) is 30.3 Å². The summed E-state index contributed by atoms with van der Waals surface area (Å²) in [7, 11) is 0. The maximum Gasteiger partial charge on any atom is 0.407 e. The Labute approximate surface area is 93.6 Å². The number of hydrogen-bond acceptors (Lipinski definition) is 3. The Morgan fingerprint density at radius 3 is 2.62 bits per heavy atom. The van der Waals surface area contributed by atoms with E-state index in [0.29, 0.717) is 5.56 Å². The van der Waals surface area contributed by atoms with E-state index in [1.165, 1.54) is 0 Å². The predicted octanol–water partition coefficient (Wildman–Crippen LogP) is 1.76. The van der Waals surface area contributed by atoms with E-state index >= 15 is 0 Å². The van der Waals surface area contributed by atoms with Gasteiger partial charge in [-0.15, -0.1) is 0 Å². The van der Waals surface area contributed by atoms with E-state index in [0.717, 1.165) is 0 Å². The van der Waals surface area contributed by atoms with E-state index in [-0.39, 0.29) is 24.3 Å². The van der Waals surface area contributed by atoms with Gasteiger partial charge in [0, 0.05) is 12.0 Å². The van der Waals surface area contributed by atoms with Gasteiger partial charge in [-0.1, -0.05) is 30.3 Å². The highest BCUT2D eigenvalue weighted by Gasteiger charge is 2.31. The number of ether oxygens (including phenoxy) is 1. The number of Topliss-reactive ketones (excluding diaryl/α,β-unsaturated/α-hetero) is 1. The Morgan fingerprint density at radius 1 is 1.38 bits per heavy atom. The number of ketones is 1. The Hall–Kier alpha value is -1.84. The normalized spacial score (nSPS) is 23.7. The van der Waals surface area contributed by atoms with Crippen molar-refractivity contribution in [2.75, 3.05) is 0 Å². The summed E-state index contributed by atoms with van der Waals surface area (Å²) < 4.78 is 4.91. The molecule has 0 aromatic heterocycles. The zero-order valence-corrected chi connectivity index (χ0v) is 8.97. The molecule has 2 atom stereocenters. The van der Waals surface area contributed by atoms with Crippen molar-refractivity contribution >= 4 is 11.9 Å². The first-order chi connectivity index (χ1) is 7.66. The number of cyclic esters (lactones) is 1. The zero-order valence-electron chi connectivity index (χ0n) is 8.97. The van der Waals surface area contributed by atoms with Gasteiger partial charge in [0.2, 0.25) is 0 Å². The van der Waals surface area contributed by atoms with Gasteiger partial charge in [-0.05, 0) is 6.92 Å². The minimum atomic E-state index is -0.446. The molecule has 4 heteroatoms. The maximum atomic E-state index is 11.8. The molecule has 1 saturated heterocycles. The van der Waals surface area contributed by atoms with Crippen LogP contribution in [0.2, 0.25) is 0 Å². The van der Waals surface area contributed by atoms with Crippen LogP contribution in [0.25, 0.3) is 0 Å². The van der Waals surface area contributed by atoms with E-state index in [1.807, 2.05) is 18.2 Å². The van der Waals surface area contributed by atoms with E-state index < -0.39 is 6.09 Å². The van der Waals surface area contributed by atoms with Crippen LogP contribution < -0.4 is 5.32 Å². The van der Waals surface area contributed by atoms with Gasteiger partial charge in [0.15, 0.2) is 5.78 Å². The first kappa shape index (κ1) is 10.7. The molecule has 2 unspecified atom stereocenters. The predicted molar refractivity (Wildman–Crippen MR) is 58.3 cm³/mol. The van der Waals surface area contributed by atoms with E-state index in [2.05, 4.69) is 5.32 Å². The van der Waals surface area contributed by atoms with Gasteiger partial charge in [-0.25, -0.2) is 4.79 Å². The van der Waals surface area contributed by atoms with Gasteiger partial charge >= 0.3 is 6.09 Å². The van der Waals surface area contributed by atoms with Gasteiger partial charge in [-0.3, -0.25) is 4.79 Å². The largest absolute Gasteiger partial charge is 0.444 e. The lowest BCUT2D eigenvalue weighted by molar-refractivity contribution is 0.0945. The summed E-state index contributed by atoms with van der Waals surface area (Å²) in [6.07, 6.45) is -0.421. The van der Waals surface area contributed by atoms with Crippen LogP contribution in [-0.2, 0) is 4.74 Å². The fourth-order valence-electron chi connectivity index (χ4n) is 1.71. The first-order valence-corrected chi connectivity index (χ1v) is 5.22. The summed E-state index contributed by atoms with van der Waals surface area (Å²) in [6.45, 7) is 1.78. The number of rotatable bonds is 3. The van der Waals surface area contributed by atoms with Crippen molar-refractivity contribution in [2.45, 2.75) is 25.5 Å². The second-order valence-corrected chi connectivity index (χ2v) is 3.85. The van der Waals surface area contributed by atoms with Crippen molar-refractivity contribution in [3.05, 3.63) is 35.9 Å². The minimum Gasteiger partial charge on any atom is -0.444 e. The molecular formula is C12H13NO3. The first-order valence-electron chi connectivity index (χ1n) is 5.22. The lowest BCUT2D eigenvalue weighted by Gasteiger charge is -2.11. The smallest absolute Gasteiger partial charge is 0.407 e. The van der Waals surface area contributed by atoms with E-state index in [1.54, 1.807) is 19.1 Å². The van der Waals surface area contributed by atoms with Crippen molar-refractivity contribution in [2.24, 2.45) is 0 Å². The van der Waals surface area contributed by atoms with Gasteiger partial charge < -0.3 is 10.1 Å². The van der Waals surface area contributed by atoms with Crippen molar-refractivity contribution in [3.8, 4) is 0 Å². The van der Waals surface area contributed by atoms with Crippen LogP contribution >= 0.6 is 0 Å². The topological polar surface area (TPSA) is 55.4 Å². The molecule has 2 rings (SSSR count). The van der Waals surface area contributed by atoms with Crippen LogP contribution in [-0.4, -0.2) is 24.0 Å². The third-order valence-electron chi connectivity index (χ3n) is 2.66. The summed E-state index contributed by atoms with van der Waals surface area (Å²) >= 11 is 0. The number of benzene rings is 1. The molecule has 1 heterocycles. The molecule has 84 valence electrons. The Kier molecular flexibility index (Phi) is 2.90. The third-order valence-corrected chi connectivity index (χ3v) is 2.66. The quantitative estimate of drug-likeness (QED) is 0.788. The molecule has 0 spiro atoms. The number of nitrogens with one attached hydrogen (secondary N) is 1. The maximum absolute atomic E-state index is 11.8. The van der Waals surface area contributed by atoms with Crippen LogP contribution in [0.1, 0.15) is 23.7 Å². The van der Waals surface area contributed by atoms with Gasteiger partial charge in [0.1, 0.15) is 6.10 Å². The molecule has 1 amide bonds. The van der Waals surface area contributed by atoms with Gasteiger partial charge in [0.25, 0.3) is 0 Å². The molecule has 1 aliphatic rings. The molecule has 0 radical (unpaired) electrons. The highest BCUT2D eigenvalue weighted by atomic mass is 16.6. The lowest BCUT2D eigenvalue weighted by atomic mass is 10.0. The fourth-order valence-corrected chi connectivity index (χ4v) is 1.71. The summed E-state index contributed by atoms with van der Waals surface area (Å²) in [5, 5.41) is 2.62. The number of hydrogen-bond donors (Lipinski definition) is 1. The molecule has 1 aromatic carbocycles. The number of carbonyl (C=O) groups excluding carboxylic acids is 2. The second-order valence-electron chi connectivity index (χ2n) is 3.85. The fraction of sp³-hybridized carbons (Fsp3) is 0.333. The van der Waals surface area contributed by atoms with Crippen LogP contribution in [0.5, 0.6) is 0 Å². The molecule has 0 saturated carbocycles. The van der Waals surface area contributed by atoms with E-state index in [9.17, 15) is 9.59 Å². The molecule has 0 aliphatic carbocycles. The highest BCUT2D eigenvalue weighted by molar-refractivity contribution is 5.96. The summed E-state index contributed by atoms with van der Waals surface area (Å²) in [5.74, 6) is 0.0169. The van der Waals surface area contributed by atoms with Crippen molar-refractivity contribution in [1.29, 1.82) is 0 Å². The van der Waals surface area contributed by atoms with E-state index in [4.69, 9.17) is 4.74 Å². The molecule has 1 N–H and O–H groups in total.